The summed E-state index contributed by atoms with van der Waals surface area (Å²) in [4.78, 5) is 0. The van der Waals surface area contributed by atoms with E-state index in [1.165, 1.54) is 6.07 Å². The highest BCUT2D eigenvalue weighted by molar-refractivity contribution is 5.28. The summed E-state index contributed by atoms with van der Waals surface area (Å²) in [6.45, 7) is 1.13. The number of aliphatic hydroxyl groups is 1. The molecule has 2 rings (SSSR count). The van der Waals surface area contributed by atoms with Gasteiger partial charge in [0.1, 0.15) is 5.82 Å². The van der Waals surface area contributed by atoms with Crippen LogP contribution in [0.25, 0.3) is 0 Å². The van der Waals surface area contributed by atoms with E-state index in [9.17, 15) is 22.7 Å². The minimum Gasteiger partial charge on any atom is -0.388 e. The molecule has 0 radical (unpaired) electrons. The number of β-amino-alcohol motifs (C(OH)–C–C–N with tert-alkyl or cyclic N) is 1. The van der Waals surface area contributed by atoms with E-state index >= 15 is 0 Å². The molecule has 106 valence electrons. The second kappa shape index (κ2) is 5.09. The van der Waals surface area contributed by atoms with Crippen molar-refractivity contribution < 1.29 is 22.7 Å². The molecule has 0 aromatic heterocycles. The van der Waals surface area contributed by atoms with Crippen LogP contribution < -0.4 is 5.32 Å². The molecule has 1 aliphatic heterocycles. The predicted octanol–water partition coefficient (Wildman–Crippen LogP) is 2.50. The lowest BCUT2D eigenvalue weighted by Gasteiger charge is -2.33. The summed E-state index contributed by atoms with van der Waals surface area (Å²) in [6.07, 6.45) is -3.33. The maximum atomic E-state index is 13.1. The van der Waals surface area contributed by atoms with Crippen LogP contribution in [0.1, 0.15) is 24.0 Å². The van der Waals surface area contributed by atoms with Crippen LogP contribution in [-0.4, -0.2) is 23.8 Å². The third-order valence-corrected chi connectivity index (χ3v) is 3.32. The molecule has 1 aromatic carbocycles. The van der Waals surface area contributed by atoms with Gasteiger partial charge in [-0.1, -0.05) is 6.07 Å². The van der Waals surface area contributed by atoms with Gasteiger partial charge < -0.3 is 10.4 Å². The normalized spacial score (nSPS) is 24.5. The first-order valence-corrected chi connectivity index (χ1v) is 6.09. The van der Waals surface area contributed by atoms with Crippen LogP contribution >= 0.6 is 0 Å². The Labute approximate surface area is 108 Å². The molecule has 2 N–H and O–H groups in total. The smallest absolute Gasteiger partial charge is 0.388 e. The molecule has 1 atom stereocenters. The van der Waals surface area contributed by atoms with E-state index in [2.05, 4.69) is 5.32 Å². The Balaban J connectivity index is 2.21. The molecule has 6 heteroatoms. The molecule has 0 bridgehead atoms. The van der Waals surface area contributed by atoms with Gasteiger partial charge in [-0.25, -0.2) is 4.39 Å². The molecule has 1 fully saturated rings. The molecule has 0 amide bonds. The van der Waals surface area contributed by atoms with E-state index in [1.807, 2.05) is 0 Å². The molecule has 1 unspecified atom stereocenters. The largest absolute Gasteiger partial charge is 0.419 e. The highest BCUT2D eigenvalue weighted by Crippen LogP contribution is 2.33. The van der Waals surface area contributed by atoms with Gasteiger partial charge in [-0.05, 0) is 37.1 Å². The van der Waals surface area contributed by atoms with Crippen molar-refractivity contribution in [1.29, 1.82) is 0 Å². The van der Waals surface area contributed by atoms with Crippen molar-refractivity contribution >= 4 is 0 Å². The number of hydrogen-bond donors (Lipinski definition) is 2. The second-order valence-electron chi connectivity index (χ2n) is 4.99. The van der Waals surface area contributed by atoms with Gasteiger partial charge in [0.25, 0.3) is 0 Å². The van der Waals surface area contributed by atoms with E-state index in [4.69, 9.17) is 0 Å². The molecule has 0 saturated carbocycles. The fourth-order valence-corrected chi connectivity index (χ4v) is 2.38. The zero-order valence-corrected chi connectivity index (χ0v) is 10.2. The Morgan fingerprint density at radius 3 is 2.63 bits per heavy atom. The zero-order valence-electron chi connectivity index (χ0n) is 10.2. The fourth-order valence-electron chi connectivity index (χ4n) is 2.38. The van der Waals surface area contributed by atoms with Crippen LogP contribution in [0.4, 0.5) is 17.6 Å². The van der Waals surface area contributed by atoms with Gasteiger partial charge in [0, 0.05) is 13.0 Å². The maximum Gasteiger partial charge on any atom is 0.419 e. The molecule has 2 nitrogen and oxygen atoms in total. The monoisotopic (exact) mass is 277 g/mol. The minimum absolute atomic E-state index is 0.0867. The third-order valence-electron chi connectivity index (χ3n) is 3.32. The average molecular weight is 277 g/mol. The van der Waals surface area contributed by atoms with Gasteiger partial charge in [-0.2, -0.15) is 13.2 Å². The summed E-state index contributed by atoms with van der Waals surface area (Å²) < 4.78 is 50.9. The molecule has 0 spiro atoms. The Bertz CT molecular complexity index is 452. The molecule has 19 heavy (non-hydrogen) atoms. The predicted molar refractivity (Wildman–Crippen MR) is 62.2 cm³/mol. The van der Waals surface area contributed by atoms with Crippen molar-refractivity contribution in [2.45, 2.75) is 31.0 Å². The van der Waals surface area contributed by atoms with E-state index in [0.717, 1.165) is 25.1 Å². The van der Waals surface area contributed by atoms with E-state index in [1.54, 1.807) is 0 Å². The van der Waals surface area contributed by atoms with Crippen LogP contribution in [0.2, 0.25) is 0 Å². The van der Waals surface area contributed by atoms with Gasteiger partial charge in [-0.15, -0.1) is 0 Å². The lowest BCUT2D eigenvalue weighted by molar-refractivity contribution is -0.140. The second-order valence-corrected chi connectivity index (χ2v) is 4.99. The first-order chi connectivity index (χ1) is 8.80. The summed E-state index contributed by atoms with van der Waals surface area (Å²) >= 11 is 0. The Kier molecular flexibility index (Phi) is 3.82. The fraction of sp³-hybridized carbons (Fsp3) is 0.538. The first kappa shape index (κ1) is 14.3. The van der Waals surface area contributed by atoms with Gasteiger partial charge >= 0.3 is 6.18 Å². The SMILES string of the molecule is OC1(Cc2ccc(F)c(C(F)(F)F)c2)CCCNC1. The molecular formula is C13H15F4NO. The number of benzene rings is 1. The van der Waals surface area contributed by atoms with Crippen LogP contribution in [0.5, 0.6) is 0 Å². The summed E-state index contributed by atoms with van der Waals surface area (Å²) in [5, 5.41) is 13.3. The molecule has 1 aliphatic rings. The number of piperidine rings is 1. The zero-order chi connectivity index (χ0) is 14.1. The number of halogens is 4. The van der Waals surface area contributed by atoms with Crippen LogP contribution in [0, 0.1) is 5.82 Å². The standard InChI is InChI=1S/C13H15F4NO/c14-11-3-2-9(6-10(11)13(15,16)17)7-12(19)4-1-5-18-8-12/h2-3,6,18-19H,1,4-5,7-8H2. The molecule has 1 aromatic rings. The summed E-state index contributed by atoms with van der Waals surface area (Å²) in [6, 6.07) is 2.87. The van der Waals surface area contributed by atoms with Crippen molar-refractivity contribution in [1.82, 2.24) is 5.32 Å². The van der Waals surface area contributed by atoms with Crippen LogP contribution in [0.15, 0.2) is 18.2 Å². The summed E-state index contributed by atoms with van der Waals surface area (Å²) in [7, 11) is 0. The van der Waals surface area contributed by atoms with Crippen LogP contribution in [0.3, 0.4) is 0 Å². The van der Waals surface area contributed by atoms with E-state index in [0.29, 0.717) is 18.5 Å². The van der Waals surface area contributed by atoms with Crippen LogP contribution in [-0.2, 0) is 12.6 Å². The highest BCUT2D eigenvalue weighted by Gasteiger charge is 2.35. The van der Waals surface area contributed by atoms with Gasteiger partial charge in [-0.3, -0.25) is 0 Å². The Morgan fingerprint density at radius 1 is 1.32 bits per heavy atom. The summed E-state index contributed by atoms with van der Waals surface area (Å²) in [5.74, 6) is -1.29. The topological polar surface area (TPSA) is 32.3 Å². The van der Waals surface area contributed by atoms with Gasteiger partial charge in [0.05, 0.1) is 11.2 Å². The Morgan fingerprint density at radius 2 is 2.05 bits per heavy atom. The van der Waals surface area contributed by atoms with Gasteiger partial charge in [0.15, 0.2) is 0 Å². The lowest BCUT2D eigenvalue weighted by Crippen LogP contribution is -2.47. The average Bonchev–Trinajstić information content (AvgIpc) is 2.31. The Hall–Kier alpha value is -1.14. The highest BCUT2D eigenvalue weighted by atomic mass is 19.4. The van der Waals surface area contributed by atoms with Crippen molar-refractivity contribution in [3.8, 4) is 0 Å². The molecular weight excluding hydrogens is 262 g/mol. The number of hydrogen-bond acceptors (Lipinski definition) is 2. The maximum absolute atomic E-state index is 13.1. The first-order valence-electron chi connectivity index (χ1n) is 6.09. The third kappa shape index (κ3) is 3.45. The van der Waals surface area contributed by atoms with Crippen molar-refractivity contribution in [2.24, 2.45) is 0 Å². The van der Waals surface area contributed by atoms with Gasteiger partial charge in [0.2, 0.25) is 0 Å². The minimum atomic E-state index is -4.71. The molecule has 1 saturated heterocycles. The lowest BCUT2D eigenvalue weighted by atomic mass is 9.87. The molecule has 1 heterocycles. The van der Waals surface area contributed by atoms with Crippen molar-refractivity contribution in [3.05, 3.63) is 35.1 Å². The van der Waals surface area contributed by atoms with Crippen molar-refractivity contribution in [2.75, 3.05) is 13.1 Å². The number of rotatable bonds is 2. The van der Waals surface area contributed by atoms with E-state index in [-0.39, 0.29) is 6.42 Å². The quantitative estimate of drug-likeness (QED) is 0.814. The number of alkyl halides is 3. The van der Waals surface area contributed by atoms with E-state index < -0.39 is 23.2 Å². The summed E-state index contributed by atoms with van der Waals surface area (Å²) in [5.41, 5.74) is -2.05. The van der Waals surface area contributed by atoms with Crippen molar-refractivity contribution in [3.63, 3.8) is 0 Å². The number of nitrogens with one attached hydrogen (secondary N) is 1. The molecule has 0 aliphatic carbocycles.